The van der Waals surface area contributed by atoms with Crippen LogP contribution < -0.4 is 0 Å². The summed E-state index contributed by atoms with van der Waals surface area (Å²) in [6, 6.07) is 7.43. The molecule has 3 nitrogen and oxygen atoms in total. The standard InChI is InChI=1S/C18H22N2O/c1-12-16-11-6-13-4-2-3-5-17(13)18(16)20(19-12)14-7-9-15(21)10-8-14/h7-10,13,17,21H,2-6,11H2,1H3/t13-,17+/m0/s1. The number of aromatic nitrogens is 2. The topological polar surface area (TPSA) is 38.0 Å². The zero-order valence-electron chi connectivity index (χ0n) is 12.5. The molecule has 0 aliphatic heterocycles. The van der Waals surface area contributed by atoms with Crippen molar-refractivity contribution < 1.29 is 5.11 Å². The van der Waals surface area contributed by atoms with Crippen molar-refractivity contribution in [1.29, 1.82) is 0 Å². The molecule has 0 radical (unpaired) electrons. The number of aryl methyl sites for hydroxylation is 1. The second-order valence-electron chi connectivity index (χ2n) is 6.57. The van der Waals surface area contributed by atoms with Gasteiger partial charge in [-0.3, -0.25) is 0 Å². The van der Waals surface area contributed by atoms with E-state index < -0.39 is 0 Å². The number of aromatic hydroxyl groups is 1. The predicted octanol–water partition coefficient (Wildman–Crippen LogP) is 4.11. The second-order valence-corrected chi connectivity index (χ2v) is 6.57. The number of hydrogen-bond donors (Lipinski definition) is 1. The van der Waals surface area contributed by atoms with Crippen LogP contribution in [-0.4, -0.2) is 14.9 Å². The quantitative estimate of drug-likeness (QED) is 0.855. The minimum absolute atomic E-state index is 0.312. The van der Waals surface area contributed by atoms with Gasteiger partial charge in [0.25, 0.3) is 0 Å². The van der Waals surface area contributed by atoms with Crippen LogP contribution >= 0.6 is 0 Å². The van der Waals surface area contributed by atoms with E-state index in [2.05, 4.69) is 11.6 Å². The van der Waals surface area contributed by atoms with Crippen molar-refractivity contribution in [3.8, 4) is 11.4 Å². The number of benzene rings is 1. The van der Waals surface area contributed by atoms with Gasteiger partial charge in [-0.05, 0) is 68.4 Å². The zero-order chi connectivity index (χ0) is 14.4. The molecule has 0 saturated heterocycles. The molecule has 1 aromatic carbocycles. The van der Waals surface area contributed by atoms with Crippen molar-refractivity contribution in [3.05, 3.63) is 41.2 Å². The van der Waals surface area contributed by atoms with Gasteiger partial charge in [0.15, 0.2) is 0 Å². The lowest BCUT2D eigenvalue weighted by Crippen LogP contribution is -2.25. The van der Waals surface area contributed by atoms with E-state index in [-0.39, 0.29) is 0 Å². The maximum atomic E-state index is 9.50. The van der Waals surface area contributed by atoms with E-state index in [9.17, 15) is 5.11 Å². The molecule has 2 aliphatic carbocycles. The summed E-state index contributed by atoms with van der Waals surface area (Å²) in [6.45, 7) is 2.14. The molecule has 1 N–H and O–H groups in total. The molecule has 2 atom stereocenters. The highest BCUT2D eigenvalue weighted by molar-refractivity contribution is 5.42. The van der Waals surface area contributed by atoms with Crippen molar-refractivity contribution in [2.24, 2.45) is 5.92 Å². The summed E-state index contributed by atoms with van der Waals surface area (Å²) in [6.07, 6.45) is 7.94. The first kappa shape index (κ1) is 12.9. The fourth-order valence-corrected chi connectivity index (χ4v) is 4.30. The molecule has 1 aromatic heterocycles. The van der Waals surface area contributed by atoms with E-state index in [1.807, 2.05) is 12.1 Å². The fraction of sp³-hybridized carbons (Fsp3) is 0.500. The third kappa shape index (κ3) is 2.06. The molecular weight excluding hydrogens is 260 g/mol. The highest BCUT2D eigenvalue weighted by atomic mass is 16.3. The lowest BCUT2D eigenvalue weighted by Gasteiger charge is -2.36. The molecule has 3 heteroatoms. The number of rotatable bonds is 1. The van der Waals surface area contributed by atoms with Crippen molar-refractivity contribution in [3.63, 3.8) is 0 Å². The summed E-state index contributed by atoms with van der Waals surface area (Å²) in [5.41, 5.74) is 5.19. The lowest BCUT2D eigenvalue weighted by atomic mass is 9.70. The summed E-state index contributed by atoms with van der Waals surface area (Å²) in [4.78, 5) is 0. The Morgan fingerprint density at radius 1 is 1.10 bits per heavy atom. The highest BCUT2D eigenvalue weighted by Gasteiger charge is 2.35. The van der Waals surface area contributed by atoms with Crippen molar-refractivity contribution in [2.75, 3.05) is 0 Å². The van der Waals surface area contributed by atoms with Crippen LogP contribution in [0.1, 0.15) is 55.0 Å². The Kier molecular flexibility index (Phi) is 3.02. The third-order valence-corrected chi connectivity index (χ3v) is 5.34. The lowest BCUT2D eigenvalue weighted by molar-refractivity contribution is 0.268. The van der Waals surface area contributed by atoms with Gasteiger partial charge in [0.05, 0.1) is 17.1 Å². The van der Waals surface area contributed by atoms with E-state index in [0.29, 0.717) is 11.7 Å². The number of phenolic OH excluding ortho intramolecular Hbond substituents is 1. The number of hydrogen-bond acceptors (Lipinski definition) is 2. The van der Waals surface area contributed by atoms with Gasteiger partial charge in [0.1, 0.15) is 5.75 Å². The number of nitrogens with zero attached hydrogens (tertiary/aromatic N) is 2. The molecule has 0 unspecified atom stereocenters. The molecule has 110 valence electrons. The van der Waals surface area contributed by atoms with Gasteiger partial charge in [-0.2, -0.15) is 5.10 Å². The molecule has 0 bridgehead atoms. The number of fused-ring (bicyclic) bond motifs is 3. The zero-order valence-corrected chi connectivity index (χ0v) is 12.5. The normalized spacial score (nSPS) is 24.4. The molecule has 2 aromatic rings. The fourth-order valence-electron chi connectivity index (χ4n) is 4.30. The number of phenols is 1. The van der Waals surface area contributed by atoms with Gasteiger partial charge in [-0.15, -0.1) is 0 Å². The first-order valence-electron chi connectivity index (χ1n) is 8.12. The van der Waals surface area contributed by atoms with Gasteiger partial charge in [0.2, 0.25) is 0 Å². The summed E-state index contributed by atoms with van der Waals surface area (Å²) in [7, 11) is 0. The monoisotopic (exact) mass is 282 g/mol. The largest absolute Gasteiger partial charge is 0.508 e. The molecule has 2 aliphatic rings. The van der Waals surface area contributed by atoms with Crippen LogP contribution in [0.2, 0.25) is 0 Å². The molecule has 1 heterocycles. The van der Waals surface area contributed by atoms with Gasteiger partial charge >= 0.3 is 0 Å². The van der Waals surface area contributed by atoms with Crippen molar-refractivity contribution >= 4 is 0 Å². The molecular formula is C18H22N2O. The molecule has 21 heavy (non-hydrogen) atoms. The van der Waals surface area contributed by atoms with Crippen LogP contribution in [0.15, 0.2) is 24.3 Å². The second kappa shape index (κ2) is 4.90. The Morgan fingerprint density at radius 2 is 1.86 bits per heavy atom. The maximum Gasteiger partial charge on any atom is 0.115 e. The molecule has 1 fully saturated rings. The van der Waals surface area contributed by atoms with Crippen LogP contribution in [0.3, 0.4) is 0 Å². The average Bonchev–Trinajstić information content (AvgIpc) is 2.86. The molecule has 1 saturated carbocycles. The van der Waals surface area contributed by atoms with Gasteiger partial charge < -0.3 is 5.11 Å². The van der Waals surface area contributed by atoms with E-state index in [1.165, 1.54) is 55.5 Å². The van der Waals surface area contributed by atoms with Gasteiger partial charge in [-0.1, -0.05) is 12.8 Å². The Bertz CT molecular complexity index is 657. The van der Waals surface area contributed by atoms with Gasteiger partial charge in [0, 0.05) is 5.92 Å². The third-order valence-electron chi connectivity index (χ3n) is 5.34. The average molecular weight is 282 g/mol. The Balaban J connectivity index is 1.84. The van der Waals surface area contributed by atoms with Crippen molar-refractivity contribution in [1.82, 2.24) is 9.78 Å². The summed E-state index contributed by atoms with van der Waals surface area (Å²) in [5, 5.41) is 14.3. The van der Waals surface area contributed by atoms with Crippen LogP contribution in [-0.2, 0) is 6.42 Å². The summed E-state index contributed by atoms with van der Waals surface area (Å²) in [5.74, 6) is 1.84. The summed E-state index contributed by atoms with van der Waals surface area (Å²) < 4.78 is 2.15. The summed E-state index contributed by atoms with van der Waals surface area (Å²) >= 11 is 0. The van der Waals surface area contributed by atoms with Gasteiger partial charge in [-0.25, -0.2) is 4.68 Å². The molecule has 0 amide bonds. The minimum Gasteiger partial charge on any atom is -0.508 e. The predicted molar refractivity (Wildman–Crippen MR) is 83.0 cm³/mol. The highest BCUT2D eigenvalue weighted by Crippen LogP contribution is 2.46. The van der Waals surface area contributed by atoms with E-state index >= 15 is 0 Å². The SMILES string of the molecule is Cc1nn(-c2ccc(O)cc2)c2c1CC[C@@H]1CCCC[C@@H]21. The van der Waals surface area contributed by atoms with Crippen LogP contribution in [0, 0.1) is 12.8 Å². The van der Waals surface area contributed by atoms with E-state index in [1.54, 1.807) is 12.1 Å². The minimum atomic E-state index is 0.312. The smallest absolute Gasteiger partial charge is 0.115 e. The Labute approximate surface area is 125 Å². The van der Waals surface area contributed by atoms with Crippen LogP contribution in [0.5, 0.6) is 5.75 Å². The Morgan fingerprint density at radius 3 is 2.67 bits per heavy atom. The van der Waals surface area contributed by atoms with Crippen molar-refractivity contribution in [2.45, 2.75) is 51.4 Å². The first-order chi connectivity index (χ1) is 10.2. The van der Waals surface area contributed by atoms with Crippen LogP contribution in [0.25, 0.3) is 5.69 Å². The molecule has 4 rings (SSSR count). The van der Waals surface area contributed by atoms with E-state index in [0.717, 1.165) is 11.6 Å². The maximum absolute atomic E-state index is 9.50. The van der Waals surface area contributed by atoms with Crippen LogP contribution in [0.4, 0.5) is 0 Å². The molecule has 0 spiro atoms. The van der Waals surface area contributed by atoms with E-state index in [4.69, 9.17) is 5.10 Å². The Hall–Kier alpha value is -1.77. The first-order valence-corrected chi connectivity index (χ1v) is 8.12.